The minimum Gasteiger partial charge on any atom is -0.461 e. The van der Waals surface area contributed by atoms with Gasteiger partial charge in [-0.3, -0.25) is 19.2 Å². The summed E-state index contributed by atoms with van der Waals surface area (Å²) in [5.41, 5.74) is 0.299. The van der Waals surface area contributed by atoms with Crippen molar-refractivity contribution in [3.05, 3.63) is 11.6 Å². The van der Waals surface area contributed by atoms with Crippen LogP contribution in [0.15, 0.2) is 11.6 Å². The van der Waals surface area contributed by atoms with Crippen molar-refractivity contribution in [1.82, 2.24) is 0 Å². The van der Waals surface area contributed by atoms with Crippen molar-refractivity contribution < 1.29 is 48.0 Å². The number of allylic oxidation sites excluding steroid dienone is 1. The fourth-order valence-corrected chi connectivity index (χ4v) is 3.08. The SMILES string of the molecule is C/C=C(/COC(=O)CCC)[C@@H](OC(=O)CCC)[C@H](OC(=O)CCC)[C@H](OC(=O)CCC)[C@H](O)OC. The van der Waals surface area contributed by atoms with Gasteiger partial charge in [-0.1, -0.05) is 33.8 Å². The topological polar surface area (TPSA) is 135 Å². The van der Waals surface area contributed by atoms with E-state index >= 15 is 0 Å². The molecule has 0 heterocycles. The third-order valence-electron chi connectivity index (χ3n) is 4.89. The van der Waals surface area contributed by atoms with Gasteiger partial charge in [0.15, 0.2) is 24.6 Å². The zero-order valence-electron chi connectivity index (χ0n) is 21.9. The summed E-state index contributed by atoms with van der Waals surface area (Å²) in [6.07, 6.45) is -1.99. The fraction of sp³-hybridized carbons (Fsp3) is 0.760. The molecule has 0 aliphatic rings. The van der Waals surface area contributed by atoms with Crippen LogP contribution in [-0.2, 0) is 42.9 Å². The Hall–Kier alpha value is -2.46. The molecule has 0 aromatic carbocycles. The lowest BCUT2D eigenvalue weighted by atomic mass is 9.98. The molecule has 10 nitrogen and oxygen atoms in total. The molecule has 0 amide bonds. The summed E-state index contributed by atoms with van der Waals surface area (Å²) >= 11 is 0. The van der Waals surface area contributed by atoms with Crippen molar-refractivity contribution >= 4 is 23.9 Å². The second kappa shape index (κ2) is 18.8. The molecule has 0 unspecified atom stereocenters. The highest BCUT2D eigenvalue weighted by molar-refractivity contribution is 5.72. The number of methoxy groups -OCH3 is 1. The minimum absolute atomic E-state index is 0.0431. The normalized spacial score (nSPS) is 14.9. The van der Waals surface area contributed by atoms with Crippen LogP contribution in [0.4, 0.5) is 0 Å². The Labute approximate surface area is 208 Å². The molecule has 0 spiro atoms. The monoisotopic (exact) mass is 502 g/mol. The van der Waals surface area contributed by atoms with Crippen molar-refractivity contribution in [2.24, 2.45) is 0 Å². The Balaban J connectivity index is 6.42. The van der Waals surface area contributed by atoms with Crippen LogP contribution in [0.25, 0.3) is 0 Å². The van der Waals surface area contributed by atoms with E-state index < -0.39 is 48.5 Å². The van der Waals surface area contributed by atoms with E-state index in [1.807, 2.05) is 6.92 Å². The Kier molecular flexibility index (Phi) is 17.5. The van der Waals surface area contributed by atoms with Crippen molar-refractivity contribution in [1.29, 1.82) is 0 Å². The van der Waals surface area contributed by atoms with E-state index in [4.69, 9.17) is 23.7 Å². The first kappa shape index (κ1) is 32.5. The third-order valence-corrected chi connectivity index (χ3v) is 4.89. The van der Waals surface area contributed by atoms with Crippen molar-refractivity contribution in [3.63, 3.8) is 0 Å². The lowest BCUT2D eigenvalue weighted by molar-refractivity contribution is -0.222. The zero-order valence-corrected chi connectivity index (χ0v) is 21.9. The molecule has 1 N–H and O–H groups in total. The van der Waals surface area contributed by atoms with Crippen LogP contribution in [0.5, 0.6) is 0 Å². The van der Waals surface area contributed by atoms with E-state index in [1.54, 1.807) is 33.8 Å². The quantitative estimate of drug-likeness (QED) is 0.129. The number of rotatable bonds is 18. The van der Waals surface area contributed by atoms with Gasteiger partial charge in [0.25, 0.3) is 0 Å². The molecule has 0 aliphatic heterocycles. The van der Waals surface area contributed by atoms with E-state index in [0.29, 0.717) is 31.3 Å². The number of aliphatic hydroxyl groups is 1. The maximum absolute atomic E-state index is 12.5. The van der Waals surface area contributed by atoms with E-state index in [0.717, 1.165) is 0 Å². The maximum Gasteiger partial charge on any atom is 0.306 e. The number of carbonyl (C=O) groups excluding carboxylic acids is 4. The van der Waals surface area contributed by atoms with Crippen LogP contribution < -0.4 is 0 Å². The van der Waals surface area contributed by atoms with Crippen LogP contribution in [0.3, 0.4) is 0 Å². The number of esters is 4. The summed E-state index contributed by atoms with van der Waals surface area (Å²) in [6.45, 7) is 8.57. The van der Waals surface area contributed by atoms with E-state index in [1.165, 1.54) is 7.11 Å². The molecule has 4 atom stereocenters. The molecule has 0 saturated carbocycles. The second-order valence-corrected chi connectivity index (χ2v) is 7.97. The molecule has 202 valence electrons. The molecule has 10 heteroatoms. The van der Waals surface area contributed by atoms with Crippen LogP contribution in [0.2, 0.25) is 0 Å². The fourth-order valence-electron chi connectivity index (χ4n) is 3.08. The summed E-state index contributed by atoms with van der Waals surface area (Å²) in [4.78, 5) is 49.4. The van der Waals surface area contributed by atoms with E-state index in [9.17, 15) is 24.3 Å². The van der Waals surface area contributed by atoms with Gasteiger partial charge in [0, 0.05) is 38.4 Å². The summed E-state index contributed by atoms with van der Waals surface area (Å²) < 4.78 is 27.0. The average molecular weight is 503 g/mol. The van der Waals surface area contributed by atoms with Crippen molar-refractivity contribution in [3.8, 4) is 0 Å². The lowest BCUT2D eigenvalue weighted by Gasteiger charge is -2.35. The summed E-state index contributed by atoms with van der Waals surface area (Å²) in [5.74, 6) is -2.35. The summed E-state index contributed by atoms with van der Waals surface area (Å²) in [5, 5.41) is 10.5. The third kappa shape index (κ3) is 12.7. The smallest absolute Gasteiger partial charge is 0.306 e. The molecular weight excluding hydrogens is 460 g/mol. The van der Waals surface area contributed by atoms with Gasteiger partial charge >= 0.3 is 23.9 Å². The average Bonchev–Trinajstić information content (AvgIpc) is 2.81. The van der Waals surface area contributed by atoms with Crippen molar-refractivity contribution in [2.75, 3.05) is 13.7 Å². The van der Waals surface area contributed by atoms with Crippen LogP contribution in [-0.4, -0.2) is 67.3 Å². The molecule has 0 aromatic rings. The van der Waals surface area contributed by atoms with Gasteiger partial charge in [0.1, 0.15) is 6.61 Å². The molecule has 0 bridgehead atoms. The van der Waals surface area contributed by atoms with Gasteiger partial charge in [-0.15, -0.1) is 0 Å². The maximum atomic E-state index is 12.5. The van der Waals surface area contributed by atoms with Crippen LogP contribution in [0, 0.1) is 0 Å². The summed E-state index contributed by atoms with van der Waals surface area (Å²) in [6, 6.07) is 0. The molecule has 0 rings (SSSR count). The number of carbonyl (C=O) groups is 4. The largest absolute Gasteiger partial charge is 0.461 e. The van der Waals surface area contributed by atoms with Crippen LogP contribution >= 0.6 is 0 Å². The standard InChI is InChI=1S/C25H42O10/c1-7-12-18(26)32-16-17(11-5)22(33-19(27)13-8-2)23(34-20(28)14-9-3)24(25(30)31-6)35-21(29)15-10-4/h11,22-25,30H,7-10,12-16H2,1-6H3/b17-11-/t22-,23+,24+,25-/m1/s1. The van der Waals surface area contributed by atoms with Gasteiger partial charge in [-0.2, -0.15) is 0 Å². The molecule has 35 heavy (non-hydrogen) atoms. The van der Waals surface area contributed by atoms with Gasteiger partial charge in [0.2, 0.25) is 0 Å². The first-order chi connectivity index (χ1) is 16.7. The Bertz CT molecular complexity index is 688. The number of hydrogen-bond donors (Lipinski definition) is 1. The number of hydrogen-bond acceptors (Lipinski definition) is 10. The zero-order chi connectivity index (χ0) is 26.8. The first-order valence-electron chi connectivity index (χ1n) is 12.3. The molecular formula is C25H42O10. The van der Waals surface area contributed by atoms with Crippen LogP contribution in [0.1, 0.15) is 86.0 Å². The Morgan fingerprint density at radius 1 is 0.714 bits per heavy atom. The predicted octanol–water partition coefficient (Wildman–Crippen LogP) is 3.38. The second-order valence-electron chi connectivity index (χ2n) is 7.97. The highest BCUT2D eigenvalue weighted by Gasteiger charge is 2.44. The Morgan fingerprint density at radius 2 is 1.14 bits per heavy atom. The van der Waals surface area contributed by atoms with E-state index in [-0.39, 0.29) is 32.3 Å². The van der Waals surface area contributed by atoms with Gasteiger partial charge < -0.3 is 28.8 Å². The van der Waals surface area contributed by atoms with Gasteiger partial charge in [0.05, 0.1) is 0 Å². The minimum atomic E-state index is -1.69. The molecule has 0 aromatic heterocycles. The van der Waals surface area contributed by atoms with Crippen molar-refractivity contribution in [2.45, 2.75) is 111 Å². The predicted molar refractivity (Wildman–Crippen MR) is 127 cm³/mol. The van der Waals surface area contributed by atoms with Gasteiger partial charge in [-0.05, 0) is 32.6 Å². The molecule has 0 saturated heterocycles. The molecule has 0 aliphatic carbocycles. The molecule has 0 fully saturated rings. The highest BCUT2D eigenvalue weighted by atomic mass is 16.7. The first-order valence-corrected chi connectivity index (χ1v) is 12.3. The van der Waals surface area contributed by atoms with E-state index in [2.05, 4.69) is 0 Å². The highest BCUT2D eigenvalue weighted by Crippen LogP contribution is 2.25. The number of ether oxygens (including phenoxy) is 5. The summed E-state index contributed by atoms with van der Waals surface area (Å²) in [7, 11) is 1.19. The lowest BCUT2D eigenvalue weighted by Crippen LogP contribution is -2.52. The number of aliphatic hydroxyl groups excluding tert-OH is 1. The van der Waals surface area contributed by atoms with Gasteiger partial charge in [-0.25, -0.2) is 0 Å². The Morgan fingerprint density at radius 3 is 1.57 bits per heavy atom. The molecule has 0 radical (unpaired) electrons.